The average Bonchev–Trinajstić information content (AvgIpc) is 3.42. The number of anilines is 3. The maximum absolute atomic E-state index is 11.7. The number of fused-ring (bicyclic) bond motifs is 2. The van der Waals surface area contributed by atoms with Crippen LogP contribution in [0.2, 0.25) is 0 Å². The highest BCUT2D eigenvalue weighted by Crippen LogP contribution is 2.43. The van der Waals surface area contributed by atoms with Crippen LogP contribution in [0.15, 0.2) is 36.5 Å². The molecule has 3 N–H and O–H groups in total. The molecule has 11 heteroatoms. The van der Waals surface area contributed by atoms with Gasteiger partial charge >= 0.3 is 0 Å². The topological polar surface area (TPSA) is 135 Å². The molecule has 11 nitrogen and oxygen atoms in total. The van der Waals surface area contributed by atoms with E-state index in [1.54, 1.807) is 43.0 Å². The van der Waals surface area contributed by atoms with Gasteiger partial charge in [0.2, 0.25) is 5.75 Å². The number of carbonyl (C=O) groups excluding carboxylic acids is 1. The van der Waals surface area contributed by atoms with Gasteiger partial charge in [-0.1, -0.05) is 0 Å². The Morgan fingerprint density at radius 1 is 1.15 bits per heavy atom. The lowest BCUT2D eigenvalue weighted by molar-refractivity contribution is -0.118. The van der Waals surface area contributed by atoms with E-state index in [0.29, 0.717) is 62.7 Å². The number of ether oxygens (including phenoxy) is 4. The summed E-state index contributed by atoms with van der Waals surface area (Å²) < 4.78 is 23.5. The number of carbonyl (C=O) groups is 1. The average molecular weight is 460 g/mol. The van der Waals surface area contributed by atoms with Gasteiger partial charge in [0.15, 0.2) is 29.6 Å². The molecule has 4 aromatic rings. The number of aromatic nitrogens is 3. The number of benzene rings is 2. The highest BCUT2D eigenvalue weighted by atomic mass is 16.5. The van der Waals surface area contributed by atoms with Crippen LogP contribution in [0, 0.1) is 11.3 Å². The van der Waals surface area contributed by atoms with Gasteiger partial charge in [-0.25, -0.2) is 0 Å². The number of hydrogen-bond acceptors (Lipinski definition) is 8. The van der Waals surface area contributed by atoms with Crippen molar-refractivity contribution >= 4 is 28.7 Å². The minimum absolute atomic E-state index is 0.0201. The molecule has 1 amide bonds. The third kappa shape index (κ3) is 3.38. The quantitative estimate of drug-likeness (QED) is 0.399. The molecule has 0 bridgehead atoms. The van der Waals surface area contributed by atoms with Gasteiger partial charge in [0.25, 0.3) is 5.91 Å². The zero-order chi connectivity index (χ0) is 23.8. The number of nitrogens with one attached hydrogen (secondary N) is 3. The van der Waals surface area contributed by atoms with Gasteiger partial charge < -0.3 is 34.6 Å². The van der Waals surface area contributed by atoms with E-state index in [2.05, 4.69) is 26.8 Å². The highest BCUT2D eigenvalue weighted by molar-refractivity contribution is 5.96. The number of hydrogen-bond donors (Lipinski definition) is 3. The fraction of sp³-hybridized carbons (Fsp3) is 0.174. The molecule has 2 aromatic carbocycles. The maximum atomic E-state index is 11.7. The minimum atomic E-state index is -0.225. The summed E-state index contributed by atoms with van der Waals surface area (Å²) in [6, 6.07) is 11.1. The van der Waals surface area contributed by atoms with Gasteiger partial charge in [-0.15, -0.1) is 0 Å². The van der Waals surface area contributed by atoms with E-state index in [4.69, 9.17) is 18.9 Å². The van der Waals surface area contributed by atoms with Crippen molar-refractivity contribution in [1.29, 1.82) is 5.26 Å². The van der Waals surface area contributed by atoms with Crippen molar-refractivity contribution in [3.8, 4) is 40.3 Å². The molecular weight excluding hydrogens is 440 g/mol. The van der Waals surface area contributed by atoms with Crippen LogP contribution in [-0.4, -0.2) is 48.4 Å². The molecule has 0 saturated carbocycles. The summed E-state index contributed by atoms with van der Waals surface area (Å²) in [5, 5.41) is 20.0. The van der Waals surface area contributed by atoms with Crippen molar-refractivity contribution in [2.24, 2.45) is 0 Å². The van der Waals surface area contributed by atoms with Crippen molar-refractivity contribution < 1.29 is 23.7 Å². The first-order valence-corrected chi connectivity index (χ1v) is 10.2. The minimum Gasteiger partial charge on any atom is -0.493 e. The summed E-state index contributed by atoms with van der Waals surface area (Å²) in [6.07, 6.45) is 1.48. The second kappa shape index (κ2) is 8.25. The van der Waals surface area contributed by atoms with Crippen molar-refractivity contribution in [2.45, 2.75) is 0 Å². The van der Waals surface area contributed by atoms with Crippen LogP contribution >= 0.6 is 0 Å². The first kappa shape index (κ1) is 21.0. The summed E-state index contributed by atoms with van der Waals surface area (Å²) in [5.41, 5.74) is 3.47. The Morgan fingerprint density at radius 3 is 2.59 bits per heavy atom. The second-order valence-electron chi connectivity index (χ2n) is 7.37. The summed E-state index contributed by atoms with van der Waals surface area (Å²) in [7, 11) is 4.62. The Morgan fingerprint density at radius 2 is 1.91 bits per heavy atom. The van der Waals surface area contributed by atoms with Gasteiger partial charge in [-0.2, -0.15) is 14.9 Å². The predicted octanol–water partition coefficient (Wildman–Crippen LogP) is 3.30. The van der Waals surface area contributed by atoms with Crippen molar-refractivity contribution in [1.82, 2.24) is 14.6 Å². The molecule has 0 atom stereocenters. The number of rotatable bonds is 6. The summed E-state index contributed by atoms with van der Waals surface area (Å²) in [5.74, 6) is 2.34. The summed E-state index contributed by atoms with van der Waals surface area (Å²) >= 11 is 0. The fourth-order valence-corrected chi connectivity index (χ4v) is 3.85. The van der Waals surface area contributed by atoms with Crippen LogP contribution in [0.1, 0.15) is 5.56 Å². The highest BCUT2D eigenvalue weighted by Gasteiger charge is 2.22. The SMILES string of the molecule is COc1cc(-c2[nH]c3c(C#N)cnn3c2Nc2ccc3c(c2)NC(=O)CO3)cc(OC)c1OC. The van der Waals surface area contributed by atoms with Gasteiger partial charge in [0.1, 0.15) is 17.4 Å². The van der Waals surface area contributed by atoms with Gasteiger partial charge in [0, 0.05) is 11.3 Å². The largest absolute Gasteiger partial charge is 0.493 e. The molecule has 0 fully saturated rings. The van der Waals surface area contributed by atoms with Crippen LogP contribution in [0.5, 0.6) is 23.0 Å². The molecule has 0 aliphatic carbocycles. The van der Waals surface area contributed by atoms with E-state index < -0.39 is 0 Å². The molecule has 3 heterocycles. The first-order valence-electron chi connectivity index (χ1n) is 10.2. The third-order valence-electron chi connectivity index (χ3n) is 5.41. The Balaban J connectivity index is 1.66. The first-order chi connectivity index (χ1) is 16.6. The lowest BCUT2D eigenvalue weighted by Gasteiger charge is -2.19. The monoisotopic (exact) mass is 460 g/mol. The molecule has 0 unspecified atom stereocenters. The van der Waals surface area contributed by atoms with Crippen LogP contribution in [-0.2, 0) is 4.79 Å². The maximum Gasteiger partial charge on any atom is 0.262 e. The summed E-state index contributed by atoms with van der Waals surface area (Å²) in [6.45, 7) is -0.0201. The smallest absolute Gasteiger partial charge is 0.262 e. The number of amides is 1. The Kier molecular flexibility index (Phi) is 5.10. The standard InChI is InChI=1S/C23H20N6O5/c1-31-17-6-12(7-18(32-2)21(17)33-3)20-23(29-22(28-20)13(9-24)10-25-29)26-14-4-5-16-15(8-14)27-19(30)11-34-16/h4-8,10,26,28H,11H2,1-3H3,(H,27,30). The predicted molar refractivity (Wildman–Crippen MR) is 123 cm³/mol. The lowest BCUT2D eigenvalue weighted by atomic mass is 10.1. The van der Waals surface area contributed by atoms with Crippen molar-refractivity contribution in [3.63, 3.8) is 0 Å². The van der Waals surface area contributed by atoms with E-state index in [9.17, 15) is 10.1 Å². The molecule has 34 heavy (non-hydrogen) atoms. The Bertz CT molecular complexity index is 1440. The number of nitriles is 1. The van der Waals surface area contributed by atoms with Crippen LogP contribution in [0.4, 0.5) is 17.2 Å². The molecule has 5 rings (SSSR count). The fourth-order valence-electron chi connectivity index (χ4n) is 3.85. The number of methoxy groups -OCH3 is 3. The van der Waals surface area contributed by atoms with E-state index in [-0.39, 0.29) is 12.5 Å². The lowest BCUT2D eigenvalue weighted by Crippen LogP contribution is -2.25. The zero-order valence-electron chi connectivity index (χ0n) is 18.6. The second-order valence-corrected chi connectivity index (χ2v) is 7.37. The molecule has 1 aliphatic heterocycles. The van der Waals surface area contributed by atoms with Gasteiger partial charge in [0.05, 0.1) is 38.9 Å². The molecule has 1 aliphatic rings. The third-order valence-corrected chi connectivity index (χ3v) is 5.41. The van der Waals surface area contributed by atoms with E-state index in [1.807, 2.05) is 6.07 Å². The summed E-state index contributed by atoms with van der Waals surface area (Å²) in [4.78, 5) is 15.0. The molecular formula is C23H20N6O5. The number of H-pyrrole nitrogens is 1. The van der Waals surface area contributed by atoms with Gasteiger partial charge in [-0.05, 0) is 30.3 Å². The van der Waals surface area contributed by atoms with E-state index in [1.165, 1.54) is 13.3 Å². The molecule has 2 aromatic heterocycles. The van der Waals surface area contributed by atoms with Crippen LogP contribution in [0.25, 0.3) is 16.9 Å². The molecule has 172 valence electrons. The Labute approximate surface area is 193 Å². The molecule has 0 spiro atoms. The van der Waals surface area contributed by atoms with Crippen molar-refractivity contribution in [3.05, 3.63) is 42.1 Å². The number of aromatic amines is 1. The van der Waals surface area contributed by atoms with E-state index in [0.717, 1.165) is 0 Å². The van der Waals surface area contributed by atoms with Crippen LogP contribution < -0.4 is 29.6 Å². The Hall–Kier alpha value is -4.85. The van der Waals surface area contributed by atoms with Crippen LogP contribution in [0.3, 0.4) is 0 Å². The van der Waals surface area contributed by atoms with E-state index >= 15 is 0 Å². The zero-order valence-corrected chi connectivity index (χ0v) is 18.6. The van der Waals surface area contributed by atoms with Crippen molar-refractivity contribution in [2.75, 3.05) is 38.6 Å². The number of nitrogens with zero attached hydrogens (tertiary/aromatic N) is 3. The van der Waals surface area contributed by atoms with Gasteiger partial charge in [-0.3, -0.25) is 4.79 Å². The normalized spacial score (nSPS) is 12.4. The molecule has 0 saturated heterocycles. The number of imidazole rings is 1. The molecule has 0 radical (unpaired) electrons.